The Balaban J connectivity index is 1.57. The van der Waals surface area contributed by atoms with Gasteiger partial charge in [0.25, 0.3) is 0 Å². The molecule has 0 unspecified atom stereocenters. The summed E-state index contributed by atoms with van der Waals surface area (Å²) < 4.78 is 5.48. The molecule has 1 aromatic heterocycles. The van der Waals surface area contributed by atoms with Gasteiger partial charge >= 0.3 is 0 Å². The Morgan fingerprint density at radius 1 is 1.23 bits per heavy atom. The van der Waals surface area contributed by atoms with E-state index in [1.165, 1.54) is 31.5 Å². The predicted molar refractivity (Wildman–Crippen MR) is 83.8 cm³/mol. The molecule has 4 nitrogen and oxygen atoms in total. The first-order chi connectivity index (χ1) is 10.8. The van der Waals surface area contributed by atoms with Crippen molar-refractivity contribution in [3.63, 3.8) is 0 Å². The second-order valence-electron chi connectivity index (χ2n) is 6.07. The molecule has 3 aliphatic heterocycles. The van der Waals surface area contributed by atoms with Crippen LogP contribution in [0.15, 0.2) is 40.4 Å². The topological polar surface area (TPSA) is 53.1 Å². The number of benzene rings is 1. The number of nitrogens with zero attached hydrogens (tertiary/aromatic N) is 3. The molecule has 22 heavy (non-hydrogen) atoms. The first-order valence-electron chi connectivity index (χ1n) is 7.72. The molecule has 2 bridgehead atoms. The van der Waals surface area contributed by atoms with Gasteiger partial charge in [-0.2, -0.15) is 5.26 Å². The Morgan fingerprint density at radius 2 is 2.00 bits per heavy atom. The smallest absolute Gasteiger partial charge is 0.160 e. The van der Waals surface area contributed by atoms with Gasteiger partial charge in [0.1, 0.15) is 5.69 Å². The molecule has 4 heterocycles. The first-order valence-corrected chi connectivity index (χ1v) is 7.72. The normalized spacial score (nSPS) is 25.3. The molecule has 0 atom stereocenters. The van der Waals surface area contributed by atoms with Gasteiger partial charge in [0, 0.05) is 18.2 Å². The van der Waals surface area contributed by atoms with Crippen molar-refractivity contribution in [2.45, 2.75) is 12.8 Å². The van der Waals surface area contributed by atoms with Crippen molar-refractivity contribution in [3.05, 3.63) is 47.2 Å². The molecule has 3 saturated heterocycles. The van der Waals surface area contributed by atoms with Gasteiger partial charge < -0.3 is 4.52 Å². The summed E-state index contributed by atoms with van der Waals surface area (Å²) in [6, 6.07) is 11.5. The Hall–Kier alpha value is -2.38. The van der Waals surface area contributed by atoms with Crippen molar-refractivity contribution in [1.29, 1.82) is 5.26 Å². The van der Waals surface area contributed by atoms with E-state index in [-0.39, 0.29) is 0 Å². The van der Waals surface area contributed by atoms with E-state index in [9.17, 15) is 0 Å². The minimum Gasteiger partial charge on any atom is -0.356 e. The van der Waals surface area contributed by atoms with E-state index in [0.717, 1.165) is 23.6 Å². The number of hydrogen-bond acceptors (Lipinski definition) is 4. The lowest BCUT2D eigenvalue weighted by molar-refractivity contribution is 0.163. The number of piperidine rings is 3. The highest BCUT2D eigenvalue weighted by atomic mass is 16.5. The highest BCUT2D eigenvalue weighted by Crippen LogP contribution is 2.33. The van der Waals surface area contributed by atoms with Crippen LogP contribution in [0.25, 0.3) is 17.3 Å². The van der Waals surface area contributed by atoms with Crippen LogP contribution in [0.4, 0.5) is 0 Å². The molecule has 5 rings (SSSR count). The van der Waals surface area contributed by atoms with Gasteiger partial charge in [-0.05, 0) is 55.6 Å². The minimum atomic E-state index is 0.655. The number of aromatic nitrogens is 1. The van der Waals surface area contributed by atoms with E-state index in [2.05, 4.69) is 22.2 Å². The fourth-order valence-corrected chi connectivity index (χ4v) is 3.40. The third-order valence-electron chi connectivity index (χ3n) is 4.68. The third-order valence-corrected chi connectivity index (χ3v) is 4.68. The lowest BCUT2D eigenvalue weighted by Gasteiger charge is -2.40. The highest BCUT2D eigenvalue weighted by molar-refractivity contribution is 5.63. The van der Waals surface area contributed by atoms with Crippen LogP contribution in [-0.4, -0.2) is 29.7 Å². The van der Waals surface area contributed by atoms with Gasteiger partial charge in [-0.25, -0.2) is 0 Å². The van der Waals surface area contributed by atoms with E-state index in [4.69, 9.17) is 9.78 Å². The summed E-state index contributed by atoms with van der Waals surface area (Å²) in [6.07, 6.45) is 4.70. The zero-order valence-electron chi connectivity index (χ0n) is 12.3. The van der Waals surface area contributed by atoms with Crippen molar-refractivity contribution < 1.29 is 4.52 Å². The second-order valence-corrected chi connectivity index (χ2v) is 6.07. The summed E-state index contributed by atoms with van der Waals surface area (Å²) in [5.41, 5.74) is 3.92. The molecule has 3 aliphatic rings. The molecule has 3 fully saturated rings. The standard InChI is InChI=1S/C18H17N3O/c19-11-13-1-3-15(4-2-13)18-10-17(22-20-18)9-16-12-21-7-5-14(16)6-8-21/h1-4,9-10,14H,5-8,12H2/b16-9+. The van der Waals surface area contributed by atoms with Crippen LogP contribution < -0.4 is 0 Å². The molecule has 0 aliphatic carbocycles. The van der Waals surface area contributed by atoms with Crippen molar-refractivity contribution in [2.75, 3.05) is 19.6 Å². The molecule has 1 aromatic carbocycles. The van der Waals surface area contributed by atoms with E-state index < -0.39 is 0 Å². The molecule has 110 valence electrons. The number of rotatable bonds is 2. The van der Waals surface area contributed by atoms with Crippen LogP contribution in [0, 0.1) is 17.2 Å². The summed E-state index contributed by atoms with van der Waals surface area (Å²) in [5.74, 6) is 1.54. The van der Waals surface area contributed by atoms with E-state index in [1.54, 1.807) is 12.1 Å². The fraction of sp³-hybridized carbons (Fsp3) is 0.333. The molecule has 0 amide bonds. The Bertz CT molecular complexity index is 743. The van der Waals surface area contributed by atoms with Crippen LogP contribution in [-0.2, 0) is 0 Å². The van der Waals surface area contributed by atoms with Crippen molar-refractivity contribution in [1.82, 2.24) is 10.1 Å². The maximum Gasteiger partial charge on any atom is 0.160 e. The summed E-state index contributed by atoms with van der Waals surface area (Å²) in [6.45, 7) is 3.53. The van der Waals surface area contributed by atoms with Gasteiger partial charge in [0.15, 0.2) is 5.76 Å². The molecule has 0 radical (unpaired) electrons. The molecule has 0 N–H and O–H groups in total. The Kier molecular flexibility index (Phi) is 3.28. The summed E-state index contributed by atoms with van der Waals surface area (Å²) >= 11 is 0. The highest BCUT2D eigenvalue weighted by Gasteiger charge is 2.29. The number of fused-ring (bicyclic) bond motifs is 3. The average molecular weight is 291 g/mol. The van der Waals surface area contributed by atoms with Gasteiger partial charge in [-0.15, -0.1) is 0 Å². The van der Waals surface area contributed by atoms with E-state index in [0.29, 0.717) is 11.5 Å². The van der Waals surface area contributed by atoms with Crippen molar-refractivity contribution >= 4 is 6.08 Å². The van der Waals surface area contributed by atoms with Crippen LogP contribution in [0.1, 0.15) is 24.2 Å². The zero-order valence-corrected chi connectivity index (χ0v) is 12.3. The third kappa shape index (κ3) is 2.44. The van der Waals surface area contributed by atoms with Gasteiger partial charge in [0.05, 0.1) is 11.6 Å². The maximum absolute atomic E-state index is 8.84. The SMILES string of the molecule is N#Cc1ccc(-c2cc(/C=C3\CN4CCC3CC4)on2)cc1. The lowest BCUT2D eigenvalue weighted by Crippen LogP contribution is -2.42. The van der Waals surface area contributed by atoms with Gasteiger partial charge in [-0.1, -0.05) is 17.3 Å². The van der Waals surface area contributed by atoms with Crippen molar-refractivity contribution in [2.24, 2.45) is 5.92 Å². The zero-order chi connectivity index (χ0) is 14.9. The van der Waals surface area contributed by atoms with Crippen LogP contribution in [0.5, 0.6) is 0 Å². The van der Waals surface area contributed by atoms with Gasteiger partial charge in [0.2, 0.25) is 0 Å². The maximum atomic E-state index is 8.84. The predicted octanol–water partition coefficient (Wildman–Crippen LogP) is 3.32. The summed E-state index contributed by atoms with van der Waals surface area (Å²) in [5, 5.41) is 13.0. The molecule has 2 aromatic rings. The molecule has 0 spiro atoms. The Morgan fingerprint density at radius 3 is 2.64 bits per heavy atom. The molecular weight excluding hydrogens is 274 g/mol. The van der Waals surface area contributed by atoms with E-state index in [1.807, 2.05) is 18.2 Å². The largest absolute Gasteiger partial charge is 0.356 e. The van der Waals surface area contributed by atoms with Crippen LogP contribution in [0.2, 0.25) is 0 Å². The first kappa shape index (κ1) is 13.3. The van der Waals surface area contributed by atoms with Gasteiger partial charge in [-0.3, -0.25) is 4.90 Å². The number of nitriles is 1. The lowest BCUT2D eigenvalue weighted by atomic mass is 9.83. The Labute approximate surface area is 129 Å². The molecule has 4 heteroatoms. The van der Waals surface area contributed by atoms with Crippen LogP contribution >= 0.6 is 0 Å². The quantitative estimate of drug-likeness (QED) is 0.851. The summed E-state index contributed by atoms with van der Waals surface area (Å²) in [4.78, 5) is 2.50. The van der Waals surface area contributed by atoms with Crippen molar-refractivity contribution in [3.8, 4) is 17.3 Å². The van der Waals surface area contributed by atoms with E-state index >= 15 is 0 Å². The monoisotopic (exact) mass is 291 g/mol. The number of hydrogen-bond donors (Lipinski definition) is 0. The summed E-state index contributed by atoms with van der Waals surface area (Å²) in [7, 11) is 0. The average Bonchev–Trinajstić information content (AvgIpc) is 3.04. The molecular formula is C18H17N3O. The second kappa shape index (κ2) is 5.43. The molecule has 0 saturated carbocycles. The minimum absolute atomic E-state index is 0.655. The fourth-order valence-electron chi connectivity index (χ4n) is 3.40. The van der Waals surface area contributed by atoms with Crippen LogP contribution in [0.3, 0.4) is 0 Å².